The molecule has 0 N–H and O–H groups in total. The minimum absolute atomic E-state index is 0.470. The van der Waals surface area contributed by atoms with Crippen molar-refractivity contribution in [2.24, 2.45) is 0 Å². The summed E-state index contributed by atoms with van der Waals surface area (Å²) in [5.41, 5.74) is 1.54. The fraction of sp³-hybridized carbons (Fsp3) is 0.222. The third kappa shape index (κ3) is 1.58. The molecule has 1 aromatic carbocycles. The molecule has 0 aromatic heterocycles. The molecule has 2 heteroatoms. The van der Waals surface area contributed by atoms with E-state index >= 15 is 0 Å². The van der Waals surface area contributed by atoms with Gasteiger partial charge in [-0.25, -0.2) is 0 Å². The van der Waals surface area contributed by atoms with Gasteiger partial charge >= 0.3 is 0 Å². The van der Waals surface area contributed by atoms with E-state index in [9.17, 15) is 4.79 Å². The smallest absolute Gasteiger partial charge is 0.237 e. The Labute approximate surface area is 65.8 Å². The highest BCUT2D eigenvalue weighted by Crippen LogP contribution is 2.17. The summed E-state index contributed by atoms with van der Waals surface area (Å²) in [5, 5.41) is 0. The van der Waals surface area contributed by atoms with Crippen LogP contribution in [0.15, 0.2) is 18.2 Å². The summed E-state index contributed by atoms with van der Waals surface area (Å²) in [6.45, 7) is 1.94. The van der Waals surface area contributed by atoms with Crippen molar-refractivity contribution in [3.05, 3.63) is 29.3 Å². The quantitative estimate of drug-likeness (QED) is 0.636. The lowest BCUT2D eigenvalue weighted by Gasteiger charge is -2.02. The number of methoxy groups -OCH3 is 1. The van der Waals surface area contributed by atoms with E-state index in [2.05, 4.69) is 0 Å². The molecule has 1 rings (SSSR count). The Morgan fingerprint density at radius 1 is 1.45 bits per heavy atom. The molecule has 0 saturated carbocycles. The highest BCUT2D eigenvalue weighted by atomic mass is 16.5. The molecular formula is C9H9O2. The van der Waals surface area contributed by atoms with E-state index in [1.54, 1.807) is 18.4 Å². The van der Waals surface area contributed by atoms with Crippen molar-refractivity contribution in [3.8, 4) is 5.75 Å². The maximum atomic E-state index is 10.3. The van der Waals surface area contributed by atoms with Crippen LogP contribution in [0, 0.1) is 6.92 Å². The first-order valence-corrected chi connectivity index (χ1v) is 3.30. The van der Waals surface area contributed by atoms with Crippen molar-refractivity contribution in [2.45, 2.75) is 6.92 Å². The first kappa shape index (κ1) is 7.79. The van der Waals surface area contributed by atoms with Crippen LogP contribution in [0.25, 0.3) is 0 Å². The van der Waals surface area contributed by atoms with E-state index in [0.717, 1.165) is 5.56 Å². The predicted molar refractivity (Wildman–Crippen MR) is 42.5 cm³/mol. The van der Waals surface area contributed by atoms with Gasteiger partial charge in [0.25, 0.3) is 0 Å². The molecule has 2 nitrogen and oxygen atoms in total. The number of rotatable bonds is 2. The van der Waals surface area contributed by atoms with Crippen LogP contribution in [-0.4, -0.2) is 13.4 Å². The molecule has 0 aliphatic rings. The number of aryl methyl sites for hydroxylation is 1. The van der Waals surface area contributed by atoms with Crippen molar-refractivity contribution in [2.75, 3.05) is 7.11 Å². The molecule has 11 heavy (non-hydrogen) atoms. The van der Waals surface area contributed by atoms with E-state index in [1.165, 1.54) is 7.11 Å². The Morgan fingerprint density at radius 2 is 2.18 bits per heavy atom. The maximum Gasteiger partial charge on any atom is 0.237 e. The Kier molecular flexibility index (Phi) is 2.26. The second-order valence-corrected chi connectivity index (χ2v) is 2.31. The third-order valence-corrected chi connectivity index (χ3v) is 1.47. The number of benzene rings is 1. The molecule has 0 fully saturated rings. The average molecular weight is 149 g/mol. The molecule has 1 radical (unpaired) electrons. The van der Waals surface area contributed by atoms with E-state index in [0.29, 0.717) is 11.3 Å². The van der Waals surface area contributed by atoms with Crippen molar-refractivity contribution < 1.29 is 9.53 Å². The van der Waals surface area contributed by atoms with Crippen LogP contribution < -0.4 is 4.74 Å². The van der Waals surface area contributed by atoms with Gasteiger partial charge in [-0.3, -0.25) is 4.79 Å². The van der Waals surface area contributed by atoms with Crippen molar-refractivity contribution in [3.63, 3.8) is 0 Å². The number of hydrogen-bond acceptors (Lipinski definition) is 2. The summed E-state index contributed by atoms with van der Waals surface area (Å²) >= 11 is 0. The first-order valence-electron chi connectivity index (χ1n) is 3.30. The van der Waals surface area contributed by atoms with Crippen LogP contribution in [0.3, 0.4) is 0 Å². The van der Waals surface area contributed by atoms with Gasteiger partial charge < -0.3 is 4.74 Å². The largest absolute Gasteiger partial charge is 0.496 e. The third-order valence-electron chi connectivity index (χ3n) is 1.47. The summed E-state index contributed by atoms with van der Waals surface area (Å²) in [6, 6.07) is 5.35. The SMILES string of the molecule is COc1cc(C)ccc1[C]=O. The van der Waals surface area contributed by atoms with Crippen LogP contribution in [0.5, 0.6) is 5.75 Å². The van der Waals surface area contributed by atoms with Crippen LogP contribution >= 0.6 is 0 Å². The average Bonchev–Trinajstić information content (AvgIpc) is 2.04. The van der Waals surface area contributed by atoms with Gasteiger partial charge in [-0.2, -0.15) is 0 Å². The Bertz CT molecular complexity index is 266. The van der Waals surface area contributed by atoms with Gasteiger partial charge in [-0.05, 0) is 24.6 Å². The highest BCUT2D eigenvalue weighted by molar-refractivity contribution is 5.79. The van der Waals surface area contributed by atoms with Crippen molar-refractivity contribution >= 4 is 6.29 Å². The lowest BCUT2D eigenvalue weighted by molar-refractivity contribution is 0.412. The van der Waals surface area contributed by atoms with Gasteiger partial charge in [-0.1, -0.05) is 6.07 Å². The minimum Gasteiger partial charge on any atom is -0.496 e. The molecule has 57 valence electrons. The number of ether oxygens (including phenoxy) is 1. The molecule has 0 spiro atoms. The van der Waals surface area contributed by atoms with Gasteiger partial charge in [-0.15, -0.1) is 0 Å². The minimum atomic E-state index is 0.470. The lowest BCUT2D eigenvalue weighted by Crippen LogP contribution is -1.90. The molecular weight excluding hydrogens is 140 g/mol. The van der Waals surface area contributed by atoms with Gasteiger partial charge in [0.15, 0.2) is 0 Å². The standard InChI is InChI=1S/C9H9O2/c1-7-3-4-8(6-10)9(5-7)11-2/h3-5H,1-2H3. The van der Waals surface area contributed by atoms with Gasteiger partial charge in [0.2, 0.25) is 6.29 Å². The second kappa shape index (κ2) is 3.19. The molecule has 0 atom stereocenters. The molecule has 0 bridgehead atoms. The summed E-state index contributed by atoms with van der Waals surface area (Å²) in [4.78, 5) is 10.3. The molecule has 0 amide bonds. The van der Waals surface area contributed by atoms with Gasteiger partial charge in [0.05, 0.1) is 12.7 Å². The molecule has 0 aliphatic carbocycles. The molecule has 0 unspecified atom stereocenters. The zero-order valence-electron chi connectivity index (χ0n) is 6.55. The Balaban J connectivity index is 3.16. The second-order valence-electron chi connectivity index (χ2n) is 2.31. The van der Waals surface area contributed by atoms with E-state index < -0.39 is 0 Å². The summed E-state index contributed by atoms with van der Waals surface area (Å²) in [7, 11) is 1.54. The zero-order chi connectivity index (χ0) is 8.27. The molecule has 0 aliphatic heterocycles. The van der Waals surface area contributed by atoms with Crippen LogP contribution in [0.1, 0.15) is 11.1 Å². The zero-order valence-corrected chi connectivity index (χ0v) is 6.55. The fourth-order valence-corrected chi connectivity index (χ4v) is 0.883. The fourth-order valence-electron chi connectivity index (χ4n) is 0.883. The van der Waals surface area contributed by atoms with E-state index in [1.807, 2.05) is 13.0 Å². The van der Waals surface area contributed by atoms with Crippen molar-refractivity contribution in [1.82, 2.24) is 0 Å². The number of carbonyl (C=O) groups excluding carboxylic acids is 1. The summed E-state index contributed by atoms with van der Waals surface area (Å²) in [6.07, 6.45) is 1.80. The lowest BCUT2D eigenvalue weighted by atomic mass is 10.1. The molecule has 1 aromatic rings. The molecule has 0 heterocycles. The van der Waals surface area contributed by atoms with E-state index in [-0.39, 0.29) is 0 Å². The monoisotopic (exact) mass is 149 g/mol. The summed E-state index contributed by atoms with van der Waals surface area (Å²) in [5.74, 6) is 0.583. The van der Waals surface area contributed by atoms with E-state index in [4.69, 9.17) is 4.74 Å². The first-order chi connectivity index (χ1) is 5.27. The maximum absolute atomic E-state index is 10.3. The van der Waals surface area contributed by atoms with Gasteiger partial charge in [0, 0.05) is 0 Å². The number of hydrogen-bond donors (Lipinski definition) is 0. The highest BCUT2D eigenvalue weighted by Gasteiger charge is 2.00. The van der Waals surface area contributed by atoms with Crippen LogP contribution in [-0.2, 0) is 4.79 Å². The topological polar surface area (TPSA) is 26.3 Å². The van der Waals surface area contributed by atoms with Crippen molar-refractivity contribution in [1.29, 1.82) is 0 Å². The van der Waals surface area contributed by atoms with Gasteiger partial charge in [0.1, 0.15) is 5.75 Å². The predicted octanol–water partition coefficient (Wildman–Crippen LogP) is 1.46. The Hall–Kier alpha value is -1.31. The normalized spacial score (nSPS) is 9.27. The Morgan fingerprint density at radius 3 is 2.73 bits per heavy atom. The van der Waals surface area contributed by atoms with Crippen LogP contribution in [0.2, 0.25) is 0 Å². The molecule has 0 saturated heterocycles. The summed E-state index contributed by atoms with van der Waals surface area (Å²) < 4.78 is 4.95. The van der Waals surface area contributed by atoms with Crippen LogP contribution in [0.4, 0.5) is 0 Å².